The first kappa shape index (κ1) is 14.9. The molecule has 0 fully saturated rings. The van der Waals surface area contributed by atoms with E-state index < -0.39 is 10.8 Å². The number of amides is 1. The maximum absolute atomic E-state index is 12.2. The molecule has 1 aromatic carbocycles. The van der Waals surface area contributed by atoms with Crippen molar-refractivity contribution in [2.24, 2.45) is 0 Å². The summed E-state index contributed by atoms with van der Waals surface area (Å²) < 4.78 is 0. The zero-order valence-corrected chi connectivity index (χ0v) is 10.9. The van der Waals surface area contributed by atoms with Gasteiger partial charge in [0, 0.05) is 20.1 Å². The van der Waals surface area contributed by atoms with Crippen LogP contribution in [-0.4, -0.2) is 47.6 Å². The Morgan fingerprint density at radius 1 is 1.53 bits per heavy atom. The van der Waals surface area contributed by atoms with Gasteiger partial charge < -0.3 is 15.3 Å². The summed E-state index contributed by atoms with van der Waals surface area (Å²) in [6, 6.07) is 4.54. The number of hydrogen-bond acceptors (Lipinski definition) is 5. The molecule has 0 saturated carbocycles. The minimum absolute atomic E-state index is 0.0205. The van der Waals surface area contributed by atoms with E-state index in [-0.39, 0.29) is 30.1 Å². The lowest BCUT2D eigenvalue weighted by molar-refractivity contribution is -0.384. The Balaban J connectivity index is 3.25. The number of nitrogens with one attached hydrogen (secondary N) is 1. The number of rotatable bonds is 6. The van der Waals surface area contributed by atoms with Crippen LogP contribution < -0.4 is 5.32 Å². The number of nitrogens with zero attached hydrogens (tertiary/aromatic N) is 2. The summed E-state index contributed by atoms with van der Waals surface area (Å²) >= 11 is 0. The van der Waals surface area contributed by atoms with Gasteiger partial charge in [-0.25, -0.2) is 0 Å². The molecule has 0 radical (unpaired) electrons. The lowest BCUT2D eigenvalue weighted by Gasteiger charge is -2.20. The summed E-state index contributed by atoms with van der Waals surface area (Å²) in [5.41, 5.74) is 0.0643. The van der Waals surface area contributed by atoms with Gasteiger partial charge in [0.2, 0.25) is 0 Å². The molecule has 104 valence electrons. The minimum atomic E-state index is -0.578. The fourth-order valence-corrected chi connectivity index (χ4v) is 1.81. The highest BCUT2D eigenvalue weighted by molar-refractivity contribution is 6.00. The van der Waals surface area contributed by atoms with Gasteiger partial charge in [-0.1, -0.05) is 6.07 Å². The number of nitro benzene ring substituents is 1. The normalized spacial score (nSPS) is 10.1. The fourth-order valence-electron chi connectivity index (χ4n) is 1.81. The summed E-state index contributed by atoms with van der Waals surface area (Å²) in [5, 5.41) is 22.7. The van der Waals surface area contributed by atoms with E-state index in [9.17, 15) is 14.9 Å². The molecule has 0 aliphatic heterocycles. The van der Waals surface area contributed by atoms with Gasteiger partial charge in [-0.3, -0.25) is 14.9 Å². The van der Waals surface area contributed by atoms with Crippen molar-refractivity contribution in [3.8, 4) is 0 Å². The molecule has 2 N–H and O–H groups in total. The number of aliphatic hydroxyl groups excluding tert-OH is 1. The molecule has 1 aromatic rings. The van der Waals surface area contributed by atoms with Crippen molar-refractivity contribution in [1.29, 1.82) is 0 Å². The molecule has 7 nitrogen and oxygen atoms in total. The molecule has 0 atom stereocenters. The van der Waals surface area contributed by atoms with Crippen LogP contribution in [0.3, 0.4) is 0 Å². The van der Waals surface area contributed by atoms with Crippen LogP contribution in [-0.2, 0) is 0 Å². The lowest BCUT2D eigenvalue weighted by Crippen LogP contribution is -2.33. The highest BCUT2D eigenvalue weighted by Gasteiger charge is 2.26. The second-order valence-corrected chi connectivity index (χ2v) is 3.82. The average molecular weight is 267 g/mol. The summed E-state index contributed by atoms with van der Waals surface area (Å²) in [5.74, 6) is -0.458. The third kappa shape index (κ3) is 3.19. The number of benzene rings is 1. The van der Waals surface area contributed by atoms with Gasteiger partial charge in [0.05, 0.1) is 11.5 Å². The maximum atomic E-state index is 12.2. The number of anilines is 1. The summed E-state index contributed by atoms with van der Waals surface area (Å²) in [7, 11) is 1.56. The van der Waals surface area contributed by atoms with Gasteiger partial charge in [0.15, 0.2) is 0 Å². The van der Waals surface area contributed by atoms with Gasteiger partial charge in [0.25, 0.3) is 5.91 Å². The van der Waals surface area contributed by atoms with Crippen LogP contribution in [0.1, 0.15) is 17.3 Å². The van der Waals surface area contributed by atoms with Crippen LogP contribution in [0.15, 0.2) is 18.2 Å². The fraction of sp³-hybridized carbons (Fsp3) is 0.417. The number of likely N-dealkylation sites (N-methyl/N-ethyl adjacent to an activating group) is 1. The van der Waals surface area contributed by atoms with Crippen molar-refractivity contribution in [3.63, 3.8) is 0 Å². The summed E-state index contributed by atoms with van der Waals surface area (Å²) in [6.45, 7) is 2.09. The molecule has 1 rings (SSSR count). The van der Waals surface area contributed by atoms with E-state index in [1.807, 2.05) is 0 Å². The zero-order valence-electron chi connectivity index (χ0n) is 10.9. The smallest absolute Gasteiger partial charge is 0.305 e. The van der Waals surface area contributed by atoms with Crippen molar-refractivity contribution < 1.29 is 14.8 Å². The van der Waals surface area contributed by atoms with Gasteiger partial charge in [-0.05, 0) is 19.1 Å². The minimum Gasteiger partial charge on any atom is -0.395 e. The molecule has 0 bridgehead atoms. The highest BCUT2D eigenvalue weighted by Crippen LogP contribution is 2.29. The number of aliphatic hydroxyl groups is 1. The predicted molar refractivity (Wildman–Crippen MR) is 71.3 cm³/mol. The molecule has 0 saturated heterocycles. The Morgan fingerprint density at radius 2 is 2.21 bits per heavy atom. The van der Waals surface area contributed by atoms with Crippen LogP contribution in [0.4, 0.5) is 11.4 Å². The molecule has 0 spiro atoms. The second-order valence-electron chi connectivity index (χ2n) is 3.82. The zero-order chi connectivity index (χ0) is 14.4. The predicted octanol–water partition coefficient (Wildman–Crippen LogP) is 1.09. The van der Waals surface area contributed by atoms with Crippen LogP contribution in [0.5, 0.6) is 0 Å². The molecule has 7 heteroatoms. The second kappa shape index (κ2) is 6.69. The monoisotopic (exact) mass is 267 g/mol. The van der Waals surface area contributed by atoms with E-state index in [0.717, 1.165) is 0 Å². The van der Waals surface area contributed by atoms with Crippen LogP contribution in [0.25, 0.3) is 0 Å². The molecule has 0 unspecified atom stereocenters. The molecule has 0 aliphatic rings. The van der Waals surface area contributed by atoms with Gasteiger partial charge in [-0.2, -0.15) is 0 Å². The number of nitro groups is 1. The van der Waals surface area contributed by atoms with Crippen LogP contribution >= 0.6 is 0 Å². The van der Waals surface area contributed by atoms with E-state index in [2.05, 4.69) is 5.32 Å². The van der Waals surface area contributed by atoms with Crippen molar-refractivity contribution in [3.05, 3.63) is 33.9 Å². The first-order valence-corrected chi connectivity index (χ1v) is 5.92. The Kier molecular flexibility index (Phi) is 5.25. The first-order chi connectivity index (χ1) is 9.06. The van der Waals surface area contributed by atoms with Gasteiger partial charge in [-0.15, -0.1) is 0 Å². The Bertz CT molecular complexity index is 476. The number of para-hydroxylation sites is 1. The Morgan fingerprint density at radius 3 is 2.68 bits per heavy atom. The highest BCUT2D eigenvalue weighted by atomic mass is 16.6. The molecule has 1 amide bonds. The van der Waals surface area contributed by atoms with Crippen molar-refractivity contribution >= 4 is 17.3 Å². The standard InChI is InChI=1S/C12H17N3O4/c1-3-14(7-8-16)12(17)9-5-4-6-10(13-2)11(9)15(18)19/h4-6,13,16H,3,7-8H2,1-2H3. The quantitative estimate of drug-likeness (QED) is 0.594. The van der Waals surface area contributed by atoms with Crippen molar-refractivity contribution in [2.75, 3.05) is 32.1 Å². The van der Waals surface area contributed by atoms with Crippen molar-refractivity contribution in [1.82, 2.24) is 4.90 Å². The Labute approximate surface area is 111 Å². The van der Waals surface area contributed by atoms with E-state index in [1.165, 1.54) is 17.0 Å². The van der Waals surface area contributed by atoms with E-state index >= 15 is 0 Å². The topological polar surface area (TPSA) is 95.7 Å². The molecular weight excluding hydrogens is 250 g/mol. The largest absolute Gasteiger partial charge is 0.395 e. The van der Waals surface area contributed by atoms with E-state index in [4.69, 9.17) is 5.11 Å². The molecule has 0 heterocycles. The molecule has 19 heavy (non-hydrogen) atoms. The van der Waals surface area contributed by atoms with Crippen molar-refractivity contribution in [2.45, 2.75) is 6.92 Å². The molecular formula is C12H17N3O4. The summed E-state index contributed by atoms with van der Waals surface area (Å²) in [6.07, 6.45) is 0. The first-order valence-electron chi connectivity index (χ1n) is 5.92. The third-order valence-corrected chi connectivity index (χ3v) is 2.76. The number of carbonyl (C=O) groups is 1. The van der Waals surface area contributed by atoms with Crippen LogP contribution in [0, 0.1) is 10.1 Å². The molecule has 0 aromatic heterocycles. The van der Waals surface area contributed by atoms with E-state index in [1.54, 1.807) is 20.0 Å². The number of hydrogen-bond donors (Lipinski definition) is 2. The maximum Gasteiger partial charge on any atom is 0.305 e. The summed E-state index contributed by atoms with van der Waals surface area (Å²) in [4.78, 5) is 24.1. The average Bonchev–Trinajstić information content (AvgIpc) is 2.42. The van der Waals surface area contributed by atoms with Gasteiger partial charge >= 0.3 is 5.69 Å². The number of carbonyl (C=O) groups excluding carboxylic acids is 1. The van der Waals surface area contributed by atoms with E-state index in [0.29, 0.717) is 6.54 Å². The van der Waals surface area contributed by atoms with Gasteiger partial charge in [0.1, 0.15) is 11.3 Å². The SMILES string of the molecule is CCN(CCO)C(=O)c1cccc(NC)c1[N+](=O)[O-]. The Hall–Kier alpha value is -2.15. The lowest BCUT2D eigenvalue weighted by atomic mass is 10.1. The third-order valence-electron chi connectivity index (χ3n) is 2.76. The molecule has 0 aliphatic carbocycles. The van der Waals surface area contributed by atoms with Crippen LogP contribution in [0.2, 0.25) is 0 Å².